The zero-order valence-electron chi connectivity index (χ0n) is 8.99. The molecule has 3 rings (SSSR count). The summed E-state index contributed by atoms with van der Waals surface area (Å²) in [6.07, 6.45) is 2.02. The van der Waals surface area contributed by atoms with Gasteiger partial charge in [-0.2, -0.15) is 0 Å². The van der Waals surface area contributed by atoms with Crippen LogP contribution in [0.25, 0.3) is 5.57 Å². The highest BCUT2D eigenvalue weighted by Crippen LogP contribution is 2.39. The maximum absolute atomic E-state index is 12.0. The van der Waals surface area contributed by atoms with Gasteiger partial charge in [0.15, 0.2) is 0 Å². The third-order valence-corrected chi connectivity index (χ3v) is 3.66. The van der Waals surface area contributed by atoms with Gasteiger partial charge in [-0.15, -0.1) is 11.8 Å². The van der Waals surface area contributed by atoms with Gasteiger partial charge in [-0.1, -0.05) is 18.2 Å². The number of thioether (sulfide) groups is 1. The van der Waals surface area contributed by atoms with Crippen molar-refractivity contribution in [1.82, 2.24) is 4.90 Å². The summed E-state index contributed by atoms with van der Waals surface area (Å²) in [6, 6.07) is 7.86. The molecule has 16 heavy (non-hydrogen) atoms. The Morgan fingerprint density at radius 2 is 2.12 bits per heavy atom. The zero-order valence-corrected chi connectivity index (χ0v) is 9.80. The first-order chi connectivity index (χ1) is 7.81. The Labute approximate surface area is 98.5 Å². The van der Waals surface area contributed by atoms with Gasteiger partial charge in [-0.25, -0.2) is 0 Å². The number of rotatable bonds is 2. The van der Waals surface area contributed by atoms with Crippen LogP contribution >= 0.6 is 11.8 Å². The van der Waals surface area contributed by atoms with Crippen LogP contribution in [0.2, 0.25) is 0 Å². The standard InChI is InChI=1S/C12H12N2OS/c1-16-12(14-6-7-14)10-8-4-2-3-5-9(8)13-11(10)15/h2-5H,6-7H2,1H3,(H,13,15)/b12-10+. The summed E-state index contributed by atoms with van der Waals surface area (Å²) in [5.74, 6) is 0.0254. The van der Waals surface area contributed by atoms with Crippen molar-refractivity contribution in [3.05, 3.63) is 34.9 Å². The summed E-state index contributed by atoms with van der Waals surface area (Å²) in [6.45, 7) is 2.13. The third-order valence-electron chi connectivity index (χ3n) is 2.81. The van der Waals surface area contributed by atoms with E-state index in [1.54, 1.807) is 11.8 Å². The molecule has 3 nitrogen and oxygen atoms in total. The monoisotopic (exact) mass is 232 g/mol. The highest BCUT2D eigenvalue weighted by Gasteiger charge is 2.32. The van der Waals surface area contributed by atoms with Crippen molar-refractivity contribution in [3.8, 4) is 0 Å². The van der Waals surface area contributed by atoms with E-state index in [0.29, 0.717) is 0 Å². The molecule has 0 bridgehead atoms. The summed E-state index contributed by atoms with van der Waals surface area (Å²) in [4.78, 5) is 14.2. The fourth-order valence-electron chi connectivity index (χ4n) is 1.97. The fourth-order valence-corrected chi connectivity index (χ4v) is 2.82. The Bertz CT molecular complexity index is 492. The van der Waals surface area contributed by atoms with Crippen LogP contribution in [0.4, 0.5) is 5.69 Å². The number of carbonyl (C=O) groups is 1. The second kappa shape index (κ2) is 3.56. The lowest BCUT2D eigenvalue weighted by molar-refractivity contribution is -0.110. The van der Waals surface area contributed by atoms with Crippen molar-refractivity contribution in [1.29, 1.82) is 0 Å². The SMILES string of the molecule is CS/C(=C1/C(=O)Nc2ccccc21)N1CC1. The van der Waals surface area contributed by atoms with Gasteiger partial charge in [0.05, 0.1) is 10.6 Å². The molecule has 1 fully saturated rings. The van der Waals surface area contributed by atoms with E-state index in [2.05, 4.69) is 10.2 Å². The minimum absolute atomic E-state index is 0.0254. The predicted octanol–water partition coefficient (Wildman–Crippen LogP) is 1.99. The molecule has 2 heterocycles. The van der Waals surface area contributed by atoms with Crippen LogP contribution in [0, 0.1) is 0 Å². The summed E-state index contributed by atoms with van der Waals surface area (Å²) in [7, 11) is 0. The number of fused-ring (bicyclic) bond motifs is 1. The summed E-state index contributed by atoms with van der Waals surface area (Å²) in [5.41, 5.74) is 2.79. The number of nitrogens with zero attached hydrogens (tertiary/aromatic N) is 1. The molecule has 0 radical (unpaired) electrons. The number of hydrogen-bond donors (Lipinski definition) is 1. The second-order valence-corrected chi connectivity index (χ2v) is 4.67. The van der Waals surface area contributed by atoms with Gasteiger partial charge in [0.25, 0.3) is 5.91 Å². The topological polar surface area (TPSA) is 32.1 Å². The van der Waals surface area contributed by atoms with Gasteiger partial charge in [-0.3, -0.25) is 4.79 Å². The van der Waals surface area contributed by atoms with Crippen LogP contribution in [0.3, 0.4) is 0 Å². The average Bonchev–Trinajstić information content (AvgIpc) is 3.06. The maximum Gasteiger partial charge on any atom is 0.259 e. The number of nitrogens with one attached hydrogen (secondary N) is 1. The fraction of sp³-hybridized carbons (Fsp3) is 0.250. The van der Waals surface area contributed by atoms with E-state index in [0.717, 1.165) is 34.9 Å². The average molecular weight is 232 g/mol. The second-order valence-electron chi connectivity index (χ2n) is 3.87. The first-order valence-corrected chi connectivity index (χ1v) is 6.47. The van der Waals surface area contributed by atoms with Gasteiger partial charge < -0.3 is 10.2 Å². The molecule has 0 saturated carbocycles. The van der Waals surface area contributed by atoms with Crippen LogP contribution in [0.15, 0.2) is 29.3 Å². The van der Waals surface area contributed by atoms with E-state index >= 15 is 0 Å². The van der Waals surface area contributed by atoms with E-state index in [1.807, 2.05) is 30.5 Å². The Morgan fingerprint density at radius 1 is 1.38 bits per heavy atom. The van der Waals surface area contributed by atoms with Crippen LogP contribution in [0.5, 0.6) is 0 Å². The van der Waals surface area contributed by atoms with Crippen LogP contribution in [-0.4, -0.2) is 30.2 Å². The molecule has 0 unspecified atom stereocenters. The van der Waals surface area contributed by atoms with Crippen LogP contribution in [0.1, 0.15) is 5.56 Å². The van der Waals surface area contributed by atoms with E-state index in [1.165, 1.54) is 0 Å². The smallest absolute Gasteiger partial charge is 0.259 e. The minimum atomic E-state index is 0.0254. The van der Waals surface area contributed by atoms with Gasteiger partial charge in [-0.05, 0) is 12.3 Å². The molecule has 1 N–H and O–H groups in total. The molecule has 0 spiro atoms. The molecule has 1 amide bonds. The predicted molar refractivity (Wildman–Crippen MR) is 67.1 cm³/mol. The number of carbonyl (C=O) groups excluding carboxylic acids is 1. The van der Waals surface area contributed by atoms with E-state index < -0.39 is 0 Å². The number of benzene rings is 1. The molecular formula is C12H12N2OS. The van der Waals surface area contributed by atoms with Crippen molar-refractivity contribution in [2.45, 2.75) is 0 Å². The van der Waals surface area contributed by atoms with Crippen molar-refractivity contribution in [3.63, 3.8) is 0 Å². The van der Waals surface area contributed by atoms with E-state index in [4.69, 9.17) is 0 Å². The molecule has 1 aromatic rings. The van der Waals surface area contributed by atoms with Crippen molar-refractivity contribution in [2.24, 2.45) is 0 Å². The summed E-state index contributed by atoms with van der Waals surface area (Å²) in [5, 5.41) is 4.01. The quantitative estimate of drug-likeness (QED) is 0.625. The Morgan fingerprint density at radius 3 is 2.81 bits per heavy atom. The number of amides is 1. The summed E-state index contributed by atoms with van der Waals surface area (Å²) >= 11 is 1.65. The lowest BCUT2D eigenvalue weighted by Gasteiger charge is -2.08. The highest BCUT2D eigenvalue weighted by molar-refractivity contribution is 8.02. The number of anilines is 1. The third kappa shape index (κ3) is 1.41. The largest absolute Gasteiger partial charge is 0.362 e. The first kappa shape index (κ1) is 9.78. The molecule has 1 aromatic carbocycles. The lowest BCUT2D eigenvalue weighted by atomic mass is 10.1. The summed E-state index contributed by atoms with van der Waals surface area (Å²) < 4.78 is 0. The van der Waals surface area contributed by atoms with Crippen molar-refractivity contribution < 1.29 is 4.79 Å². The van der Waals surface area contributed by atoms with Gasteiger partial charge in [0, 0.05) is 24.3 Å². The Balaban J connectivity index is 2.16. The zero-order chi connectivity index (χ0) is 11.1. The molecule has 0 aliphatic carbocycles. The minimum Gasteiger partial charge on any atom is -0.362 e. The molecule has 2 aliphatic heterocycles. The maximum atomic E-state index is 12.0. The van der Waals surface area contributed by atoms with Crippen molar-refractivity contribution in [2.75, 3.05) is 24.7 Å². The van der Waals surface area contributed by atoms with Crippen molar-refractivity contribution >= 4 is 28.9 Å². The van der Waals surface area contributed by atoms with E-state index in [9.17, 15) is 4.79 Å². The molecule has 1 saturated heterocycles. The first-order valence-electron chi connectivity index (χ1n) is 5.25. The molecule has 82 valence electrons. The van der Waals surface area contributed by atoms with Crippen LogP contribution < -0.4 is 5.32 Å². The van der Waals surface area contributed by atoms with Gasteiger partial charge in [0.2, 0.25) is 0 Å². The van der Waals surface area contributed by atoms with E-state index in [-0.39, 0.29) is 5.91 Å². The van der Waals surface area contributed by atoms with Gasteiger partial charge >= 0.3 is 0 Å². The molecule has 0 aromatic heterocycles. The lowest BCUT2D eigenvalue weighted by Crippen LogP contribution is -2.08. The molecule has 0 atom stereocenters. The molecule has 4 heteroatoms. The molecule has 2 aliphatic rings. The normalized spacial score (nSPS) is 20.6. The highest BCUT2D eigenvalue weighted by atomic mass is 32.2. The molecular weight excluding hydrogens is 220 g/mol. The number of para-hydroxylation sites is 1. The number of hydrogen-bond acceptors (Lipinski definition) is 3. The Hall–Kier alpha value is -1.42. The Kier molecular flexibility index (Phi) is 2.17. The van der Waals surface area contributed by atoms with Gasteiger partial charge in [0.1, 0.15) is 0 Å². The van der Waals surface area contributed by atoms with Crippen LogP contribution in [-0.2, 0) is 4.79 Å².